The fraction of sp³-hybridized carbons (Fsp3) is 0.357. The zero-order valence-electron chi connectivity index (χ0n) is 21.4. The monoisotopic (exact) mass is 597 g/mol. The number of aliphatic hydroxyl groups is 1. The number of nitrogens with one attached hydrogen (secondary N) is 3. The molecule has 2 atom stereocenters. The van der Waals surface area contributed by atoms with Crippen LogP contribution in [0.25, 0.3) is 22.4 Å². The van der Waals surface area contributed by atoms with Crippen molar-refractivity contribution in [3.05, 3.63) is 68.0 Å². The molecule has 4 aromatic rings. The van der Waals surface area contributed by atoms with Crippen molar-refractivity contribution in [2.24, 2.45) is 0 Å². The van der Waals surface area contributed by atoms with E-state index in [1.54, 1.807) is 12.3 Å². The minimum atomic E-state index is -0.803. The van der Waals surface area contributed by atoms with E-state index in [2.05, 4.69) is 36.1 Å². The first-order chi connectivity index (χ1) is 18.9. The summed E-state index contributed by atoms with van der Waals surface area (Å²) in [5, 5.41) is 14.3. The number of nitrogens with zero attached hydrogens (tertiary/aromatic N) is 2. The Morgan fingerprint density at radius 3 is 3.03 bits per heavy atom. The summed E-state index contributed by atoms with van der Waals surface area (Å²) in [6.07, 6.45) is 1.06. The van der Waals surface area contributed by atoms with Crippen molar-refractivity contribution in [1.82, 2.24) is 15.0 Å². The van der Waals surface area contributed by atoms with E-state index in [9.17, 15) is 14.3 Å². The fourth-order valence-electron chi connectivity index (χ4n) is 5.39. The Balaban J connectivity index is 1.29. The minimum absolute atomic E-state index is 0.195. The highest BCUT2D eigenvalue weighted by Crippen LogP contribution is 2.38. The topological polar surface area (TPSA) is 115 Å². The highest BCUT2D eigenvalue weighted by Gasteiger charge is 2.25. The molecule has 1 fully saturated rings. The average Bonchev–Trinajstić information content (AvgIpc) is 3.60. The number of ether oxygens (including phenoxy) is 2. The van der Waals surface area contributed by atoms with Gasteiger partial charge >= 0.3 is 0 Å². The zero-order chi connectivity index (χ0) is 27.1. The Kier molecular flexibility index (Phi) is 7.05. The summed E-state index contributed by atoms with van der Waals surface area (Å²) in [5.74, 6) is 1.20. The molecule has 0 saturated carbocycles. The van der Waals surface area contributed by atoms with Gasteiger partial charge < -0.3 is 34.8 Å². The molecule has 6 rings (SSSR count). The molecule has 4 N–H and O–H groups in total. The lowest BCUT2D eigenvalue weighted by atomic mass is 10.00. The van der Waals surface area contributed by atoms with Crippen molar-refractivity contribution in [3.8, 4) is 17.1 Å². The summed E-state index contributed by atoms with van der Waals surface area (Å²) in [6.45, 7) is 3.84. The third-order valence-electron chi connectivity index (χ3n) is 7.33. The van der Waals surface area contributed by atoms with Gasteiger partial charge in [-0.3, -0.25) is 4.79 Å². The molecule has 4 heterocycles. The summed E-state index contributed by atoms with van der Waals surface area (Å²) >= 11 is 3.51. The number of hydrogen-bond acceptors (Lipinski definition) is 7. The molecule has 2 aromatic heterocycles. The summed E-state index contributed by atoms with van der Waals surface area (Å²) in [7, 11) is 0. The number of H-pyrrole nitrogens is 2. The molecule has 2 aliphatic rings. The first-order valence-electron chi connectivity index (χ1n) is 12.9. The van der Waals surface area contributed by atoms with E-state index < -0.39 is 18.9 Å². The number of morpholine rings is 1. The molecule has 11 heteroatoms. The van der Waals surface area contributed by atoms with Gasteiger partial charge in [0.1, 0.15) is 29.9 Å². The van der Waals surface area contributed by atoms with Gasteiger partial charge in [-0.05, 0) is 58.2 Å². The summed E-state index contributed by atoms with van der Waals surface area (Å²) < 4.78 is 25.3. The van der Waals surface area contributed by atoms with Crippen molar-refractivity contribution >= 4 is 38.3 Å². The van der Waals surface area contributed by atoms with Gasteiger partial charge in [0.15, 0.2) is 0 Å². The third-order valence-corrected chi connectivity index (χ3v) is 7.95. The third kappa shape index (κ3) is 4.90. The van der Waals surface area contributed by atoms with Gasteiger partial charge in [-0.2, -0.15) is 0 Å². The van der Waals surface area contributed by atoms with Crippen LogP contribution in [0.2, 0.25) is 0 Å². The van der Waals surface area contributed by atoms with Crippen molar-refractivity contribution in [2.45, 2.75) is 25.6 Å². The van der Waals surface area contributed by atoms with E-state index in [1.165, 1.54) is 0 Å². The highest BCUT2D eigenvalue weighted by molar-refractivity contribution is 9.10. The lowest BCUT2D eigenvalue weighted by Crippen LogP contribution is -2.43. The molecule has 0 aliphatic carbocycles. The van der Waals surface area contributed by atoms with E-state index in [4.69, 9.17) is 14.5 Å². The number of fused-ring (bicyclic) bond motifs is 2. The van der Waals surface area contributed by atoms with Crippen LogP contribution in [0.4, 0.5) is 15.8 Å². The van der Waals surface area contributed by atoms with Gasteiger partial charge in [-0.15, -0.1) is 0 Å². The molecule has 39 heavy (non-hydrogen) atoms. The van der Waals surface area contributed by atoms with Gasteiger partial charge in [0, 0.05) is 43.5 Å². The SMILES string of the molecule is Cc1cc(N2CCO[C@H](CF)C2)cc2[nH]c(-c3c(NC[C@H](O)c4ccc(Br)c5c4CCO5)cc[nH]c3=O)nc12. The van der Waals surface area contributed by atoms with Crippen LogP contribution in [0.1, 0.15) is 22.8 Å². The van der Waals surface area contributed by atoms with Gasteiger partial charge in [0.2, 0.25) is 0 Å². The van der Waals surface area contributed by atoms with E-state index in [1.807, 2.05) is 31.2 Å². The number of aliphatic hydroxyl groups excluding tert-OH is 1. The standard InChI is InChI=1S/C28H29BrFN5O4/c1-15-10-16(35-7-9-38-17(12-30)14-35)11-22-25(15)34-27(33-22)24-21(4-6-31-28(24)37)32-13-23(36)18-2-3-20(29)26-19(18)5-8-39-26/h2-4,6,10-11,17,23,36H,5,7-9,12-14H2,1H3,(H,33,34)(H2,31,32,37)/t17-,23+/m1/s1. The van der Waals surface area contributed by atoms with Crippen LogP contribution in [-0.2, 0) is 11.2 Å². The molecule has 0 amide bonds. The molecule has 1 saturated heterocycles. The Labute approximate surface area is 232 Å². The van der Waals surface area contributed by atoms with Crippen molar-refractivity contribution in [1.29, 1.82) is 0 Å². The molecule has 0 spiro atoms. The number of rotatable bonds is 7. The Bertz CT molecular complexity index is 1590. The van der Waals surface area contributed by atoms with E-state index in [0.29, 0.717) is 43.4 Å². The Hall–Kier alpha value is -3.41. The van der Waals surface area contributed by atoms with E-state index in [0.717, 1.165) is 50.1 Å². The fourth-order valence-corrected chi connectivity index (χ4v) is 5.88. The lowest BCUT2D eigenvalue weighted by Gasteiger charge is -2.33. The molecule has 2 aromatic carbocycles. The summed E-state index contributed by atoms with van der Waals surface area (Å²) in [5.41, 5.74) is 5.83. The van der Waals surface area contributed by atoms with E-state index >= 15 is 0 Å². The minimum Gasteiger partial charge on any atom is -0.492 e. The normalized spacial score (nSPS) is 17.7. The number of anilines is 2. The second-order valence-electron chi connectivity index (χ2n) is 9.87. The van der Waals surface area contributed by atoms with Gasteiger partial charge in [-0.25, -0.2) is 9.37 Å². The summed E-state index contributed by atoms with van der Waals surface area (Å²) in [6, 6.07) is 9.53. The van der Waals surface area contributed by atoms with Crippen molar-refractivity contribution in [3.63, 3.8) is 0 Å². The maximum Gasteiger partial charge on any atom is 0.261 e. The van der Waals surface area contributed by atoms with Gasteiger partial charge in [0.25, 0.3) is 5.56 Å². The molecule has 0 bridgehead atoms. The van der Waals surface area contributed by atoms with Crippen LogP contribution >= 0.6 is 15.9 Å². The molecule has 204 valence electrons. The second-order valence-corrected chi connectivity index (χ2v) is 10.7. The number of alkyl halides is 1. The first-order valence-corrected chi connectivity index (χ1v) is 13.7. The molecular formula is C28H29BrFN5O4. The van der Waals surface area contributed by atoms with Crippen LogP contribution < -0.4 is 20.5 Å². The quantitative estimate of drug-likeness (QED) is 0.252. The first kappa shape index (κ1) is 25.8. The zero-order valence-corrected chi connectivity index (χ0v) is 23.0. The number of aryl methyl sites for hydroxylation is 1. The maximum atomic E-state index is 13.2. The Morgan fingerprint density at radius 1 is 1.31 bits per heavy atom. The number of pyridine rings is 1. The molecular weight excluding hydrogens is 569 g/mol. The molecule has 0 unspecified atom stereocenters. The van der Waals surface area contributed by atoms with Gasteiger partial charge in [0.05, 0.1) is 40.5 Å². The predicted molar refractivity (Wildman–Crippen MR) is 152 cm³/mol. The van der Waals surface area contributed by atoms with Crippen LogP contribution in [-0.4, -0.2) is 65.7 Å². The predicted octanol–water partition coefficient (Wildman–Crippen LogP) is 4.24. The van der Waals surface area contributed by atoms with Crippen molar-refractivity contribution in [2.75, 3.05) is 49.7 Å². The second kappa shape index (κ2) is 10.6. The van der Waals surface area contributed by atoms with Crippen LogP contribution in [0.5, 0.6) is 5.75 Å². The van der Waals surface area contributed by atoms with Crippen LogP contribution in [0.15, 0.2) is 45.8 Å². The maximum absolute atomic E-state index is 13.2. The highest BCUT2D eigenvalue weighted by atomic mass is 79.9. The number of halogens is 2. The number of aromatic amines is 2. The number of aromatic nitrogens is 3. The number of hydrogen-bond donors (Lipinski definition) is 4. The number of imidazole rings is 1. The molecule has 2 aliphatic heterocycles. The average molecular weight is 598 g/mol. The van der Waals surface area contributed by atoms with Crippen LogP contribution in [0.3, 0.4) is 0 Å². The smallest absolute Gasteiger partial charge is 0.261 e. The molecule has 0 radical (unpaired) electrons. The largest absolute Gasteiger partial charge is 0.492 e. The summed E-state index contributed by atoms with van der Waals surface area (Å²) in [4.78, 5) is 25.9. The lowest BCUT2D eigenvalue weighted by molar-refractivity contribution is 0.0247. The van der Waals surface area contributed by atoms with Crippen LogP contribution in [0, 0.1) is 6.92 Å². The molecule has 9 nitrogen and oxygen atoms in total. The van der Waals surface area contributed by atoms with E-state index in [-0.39, 0.29) is 12.1 Å². The number of benzene rings is 2. The Morgan fingerprint density at radius 2 is 2.18 bits per heavy atom. The van der Waals surface area contributed by atoms with Gasteiger partial charge in [-0.1, -0.05) is 6.07 Å². The van der Waals surface area contributed by atoms with Crippen molar-refractivity contribution < 1.29 is 19.0 Å².